The van der Waals surface area contributed by atoms with E-state index in [1.165, 1.54) is 22.2 Å². The van der Waals surface area contributed by atoms with Crippen LogP contribution < -0.4 is 5.32 Å². The van der Waals surface area contributed by atoms with E-state index in [-0.39, 0.29) is 18.2 Å². The molecule has 2 amide bonds. The molecule has 0 spiro atoms. The normalized spacial score (nSPS) is 18.2. The number of hydrogen-bond acceptors (Lipinski definition) is 4. The summed E-state index contributed by atoms with van der Waals surface area (Å²) in [5.41, 5.74) is 3.83. The van der Waals surface area contributed by atoms with Gasteiger partial charge in [0.05, 0.1) is 5.69 Å². The van der Waals surface area contributed by atoms with Crippen molar-refractivity contribution in [2.75, 3.05) is 12.4 Å². The van der Waals surface area contributed by atoms with Crippen molar-refractivity contribution < 1.29 is 9.59 Å². The molecule has 1 atom stereocenters. The lowest BCUT2D eigenvalue weighted by Crippen LogP contribution is -2.30. The van der Waals surface area contributed by atoms with Gasteiger partial charge in [0.25, 0.3) is 0 Å². The highest BCUT2D eigenvalue weighted by Gasteiger charge is 2.37. The van der Waals surface area contributed by atoms with Crippen LogP contribution in [-0.4, -0.2) is 34.2 Å². The third-order valence-electron chi connectivity index (χ3n) is 4.35. The average Bonchev–Trinajstić information content (AvgIpc) is 2.88. The molecule has 1 aliphatic heterocycles. The van der Waals surface area contributed by atoms with Gasteiger partial charge in [-0.3, -0.25) is 14.5 Å². The molecule has 1 fully saturated rings. The van der Waals surface area contributed by atoms with Crippen LogP contribution in [0.2, 0.25) is 0 Å². The van der Waals surface area contributed by atoms with E-state index >= 15 is 0 Å². The van der Waals surface area contributed by atoms with Crippen molar-refractivity contribution in [3.63, 3.8) is 0 Å². The summed E-state index contributed by atoms with van der Waals surface area (Å²) in [5, 5.41) is 3.04. The van der Waals surface area contributed by atoms with Crippen LogP contribution in [-0.2, 0) is 9.59 Å². The first-order valence-corrected chi connectivity index (χ1v) is 10.4. The largest absolute Gasteiger partial charge is 0.326 e. The van der Waals surface area contributed by atoms with E-state index in [9.17, 15) is 9.59 Å². The predicted molar refractivity (Wildman–Crippen MR) is 120 cm³/mol. The van der Waals surface area contributed by atoms with Crippen molar-refractivity contribution in [1.82, 2.24) is 4.90 Å². The zero-order chi connectivity index (χ0) is 19.6. The summed E-state index contributed by atoms with van der Waals surface area (Å²) < 4.78 is 1.13. The van der Waals surface area contributed by atoms with Gasteiger partial charge in [0, 0.05) is 22.7 Å². The van der Waals surface area contributed by atoms with Crippen molar-refractivity contribution in [2.45, 2.75) is 25.5 Å². The summed E-state index contributed by atoms with van der Waals surface area (Å²) in [7, 11) is 1.70. The van der Waals surface area contributed by atoms with Gasteiger partial charge in [-0.1, -0.05) is 17.8 Å². The van der Waals surface area contributed by atoms with Gasteiger partial charge < -0.3 is 5.32 Å². The average molecular weight is 493 g/mol. The molecule has 0 aromatic heterocycles. The van der Waals surface area contributed by atoms with E-state index in [0.717, 1.165) is 20.5 Å². The number of amidine groups is 1. The first kappa shape index (κ1) is 19.9. The molecule has 0 aliphatic carbocycles. The molecule has 1 heterocycles. The third kappa shape index (κ3) is 4.90. The lowest BCUT2D eigenvalue weighted by atomic mass is 10.1. The molecule has 27 heavy (non-hydrogen) atoms. The maximum atomic E-state index is 12.5. The number of nitrogens with one attached hydrogen (secondary N) is 1. The van der Waals surface area contributed by atoms with Gasteiger partial charge in [0.15, 0.2) is 5.17 Å². The molecular weight excluding hydrogens is 473 g/mol. The van der Waals surface area contributed by atoms with Gasteiger partial charge >= 0.3 is 0 Å². The lowest BCUT2D eigenvalue weighted by molar-refractivity contribution is -0.127. The van der Waals surface area contributed by atoms with Crippen molar-refractivity contribution in [2.24, 2.45) is 4.99 Å². The third-order valence-corrected chi connectivity index (χ3v) is 6.30. The fourth-order valence-corrected chi connectivity index (χ4v) is 4.14. The van der Waals surface area contributed by atoms with Gasteiger partial charge in [-0.15, -0.1) is 0 Å². The Kier molecular flexibility index (Phi) is 6.21. The fraction of sp³-hybridized carbons (Fsp3) is 0.250. The van der Waals surface area contributed by atoms with Crippen LogP contribution in [0.15, 0.2) is 47.5 Å². The number of rotatable bonds is 4. The second-order valence-electron chi connectivity index (χ2n) is 6.43. The van der Waals surface area contributed by atoms with Gasteiger partial charge in [0.1, 0.15) is 5.25 Å². The van der Waals surface area contributed by atoms with Gasteiger partial charge in [0.2, 0.25) is 11.8 Å². The molecule has 140 valence electrons. The highest BCUT2D eigenvalue weighted by atomic mass is 127. The molecule has 3 rings (SSSR count). The van der Waals surface area contributed by atoms with Crippen molar-refractivity contribution >= 4 is 62.7 Å². The fourth-order valence-electron chi connectivity index (χ4n) is 2.62. The highest BCUT2D eigenvalue weighted by molar-refractivity contribution is 14.1. The molecule has 1 unspecified atom stereocenters. The predicted octanol–water partition coefficient (Wildman–Crippen LogP) is 4.50. The van der Waals surface area contributed by atoms with Gasteiger partial charge in [-0.05, 0) is 84.0 Å². The number of benzene rings is 2. The number of thioether (sulfide) groups is 1. The molecule has 7 heteroatoms. The Morgan fingerprint density at radius 2 is 1.89 bits per heavy atom. The number of carbonyl (C=O) groups excluding carboxylic acids is 2. The van der Waals surface area contributed by atoms with Crippen molar-refractivity contribution in [1.29, 1.82) is 0 Å². The zero-order valence-electron chi connectivity index (χ0n) is 15.3. The number of aryl methyl sites for hydroxylation is 2. The molecule has 2 aromatic carbocycles. The number of nitrogens with zero attached hydrogens (tertiary/aromatic N) is 2. The van der Waals surface area contributed by atoms with E-state index in [1.807, 2.05) is 56.3 Å². The van der Waals surface area contributed by atoms with E-state index in [2.05, 4.69) is 32.9 Å². The van der Waals surface area contributed by atoms with E-state index in [0.29, 0.717) is 5.17 Å². The standard InChI is InChI=1S/C20H20IN3O2S/c1-12-4-7-16(10-13(12)2)22-18(25)11-17-19(26)24(3)20(27-17)23-15-8-5-14(21)6-9-15/h4-10,17H,11H2,1-3H3,(H,22,25). The molecule has 0 radical (unpaired) electrons. The Bertz CT molecular complexity index is 912. The summed E-state index contributed by atoms with van der Waals surface area (Å²) in [6, 6.07) is 13.5. The number of aliphatic imine (C=N–C) groups is 1. The quantitative estimate of drug-likeness (QED) is 0.639. The maximum absolute atomic E-state index is 12.5. The summed E-state index contributed by atoms with van der Waals surface area (Å²) >= 11 is 3.57. The van der Waals surface area contributed by atoms with E-state index < -0.39 is 5.25 Å². The van der Waals surface area contributed by atoms with Crippen LogP contribution >= 0.6 is 34.4 Å². The number of carbonyl (C=O) groups is 2. The Labute approximate surface area is 176 Å². The maximum Gasteiger partial charge on any atom is 0.242 e. The second-order valence-corrected chi connectivity index (χ2v) is 8.84. The first-order chi connectivity index (χ1) is 12.8. The second kappa shape index (κ2) is 8.43. The summed E-state index contributed by atoms with van der Waals surface area (Å²) in [5.74, 6) is -0.271. The molecule has 2 aromatic rings. The summed E-state index contributed by atoms with van der Waals surface area (Å²) in [6.07, 6.45) is 0.118. The Morgan fingerprint density at radius 3 is 2.56 bits per heavy atom. The molecule has 0 saturated carbocycles. The van der Waals surface area contributed by atoms with Crippen LogP contribution in [0, 0.1) is 17.4 Å². The van der Waals surface area contributed by atoms with Crippen LogP contribution in [0.4, 0.5) is 11.4 Å². The molecule has 5 nitrogen and oxygen atoms in total. The zero-order valence-corrected chi connectivity index (χ0v) is 18.3. The van der Waals surface area contributed by atoms with Crippen LogP contribution in [0.25, 0.3) is 0 Å². The van der Waals surface area contributed by atoms with Gasteiger partial charge in [-0.25, -0.2) is 4.99 Å². The van der Waals surface area contributed by atoms with E-state index in [4.69, 9.17) is 0 Å². The number of hydrogen-bond donors (Lipinski definition) is 1. The number of halogens is 1. The Balaban J connectivity index is 1.66. The number of amides is 2. The number of anilines is 1. The topological polar surface area (TPSA) is 61.8 Å². The SMILES string of the molecule is Cc1ccc(NC(=O)CC2SC(=Nc3ccc(I)cc3)N(C)C2=O)cc1C. The Morgan fingerprint density at radius 1 is 1.19 bits per heavy atom. The minimum atomic E-state index is -0.454. The Hall–Kier alpha value is -1.87. The minimum Gasteiger partial charge on any atom is -0.326 e. The van der Waals surface area contributed by atoms with Crippen molar-refractivity contribution in [3.05, 3.63) is 57.2 Å². The molecule has 0 bridgehead atoms. The summed E-state index contributed by atoms with van der Waals surface area (Å²) in [4.78, 5) is 30.9. The van der Waals surface area contributed by atoms with Crippen LogP contribution in [0.5, 0.6) is 0 Å². The minimum absolute atomic E-state index is 0.0977. The van der Waals surface area contributed by atoms with Crippen LogP contribution in [0.3, 0.4) is 0 Å². The lowest BCUT2D eigenvalue weighted by Gasteiger charge is -2.10. The molecule has 1 N–H and O–H groups in total. The highest BCUT2D eigenvalue weighted by Crippen LogP contribution is 2.31. The smallest absolute Gasteiger partial charge is 0.242 e. The molecule has 1 aliphatic rings. The summed E-state index contributed by atoms with van der Waals surface area (Å²) in [6.45, 7) is 4.03. The first-order valence-electron chi connectivity index (χ1n) is 8.49. The molecule has 1 saturated heterocycles. The van der Waals surface area contributed by atoms with Crippen LogP contribution in [0.1, 0.15) is 17.5 Å². The monoisotopic (exact) mass is 493 g/mol. The van der Waals surface area contributed by atoms with E-state index in [1.54, 1.807) is 7.05 Å². The van der Waals surface area contributed by atoms with Crippen molar-refractivity contribution in [3.8, 4) is 0 Å². The molecular formula is C20H20IN3O2S. The van der Waals surface area contributed by atoms with Gasteiger partial charge in [-0.2, -0.15) is 0 Å².